The average molecular weight is 281 g/mol. The van der Waals surface area contributed by atoms with E-state index in [0.29, 0.717) is 11.1 Å². The van der Waals surface area contributed by atoms with Crippen LogP contribution >= 0.6 is 11.6 Å². The van der Waals surface area contributed by atoms with Gasteiger partial charge in [0.25, 0.3) is 0 Å². The summed E-state index contributed by atoms with van der Waals surface area (Å²) < 4.78 is 26.4. The van der Waals surface area contributed by atoms with E-state index in [1.807, 2.05) is 0 Å². The van der Waals surface area contributed by atoms with Crippen molar-refractivity contribution in [2.45, 2.75) is 12.3 Å². The Morgan fingerprint density at radius 2 is 1.68 bits per heavy atom. The first-order chi connectivity index (χ1) is 9.08. The predicted molar refractivity (Wildman–Crippen MR) is 70.1 cm³/mol. The first-order valence-corrected chi connectivity index (χ1v) is 6.14. The third-order valence-corrected chi connectivity index (χ3v) is 3.19. The van der Waals surface area contributed by atoms with E-state index in [4.69, 9.17) is 11.6 Å². The molecular weight excluding hydrogens is 270 g/mol. The van der Waals surface area contributed by atoms with Crippen molar-refractivity contribution in [1.29, 1.82) is 0 Å². The summed E-state index contributed by atoms with van der Waals surface area (Å²) in [5.41, 5.74) is 0.982. The van der Waals surface area contributed by atoms with Crippen molar-refractivity contribution in [1.82, 2.24) is 0 Å². The molecule has 0 radical (unpaired) electrons. The Hall–Kier alpha value is -1.74. The molecule has 0 saturated heterocycles. The molecule has 98 valence electrons. The van der Waals surface area contributed by atoms with Gasteiger partial charge in [-0.15, -0.1) is 0 Å². The Kier molecular flexibility index (Phi) is 4.27. The van der Waals surface area contributed by atoms with Crippen LogP contribution in [0.5, 0.6) is 0 Å². The van der Waals surface area contributed by atoms with Crippen LogP contribution in [0.1, 0.15) is 17.0 Å². The van der Waals surface area contributed by atoms with Crippen LogP contribution in [0.25, 0.3) is 0 Å². The molecule has 1 atom stereocenters. The van der Waals surface area contributed by atoms with Gasteiger partial charge in [-0.3, -0.25) is 4.79 Å². The molecule has 0 spiro atoms. The molecular formula is C15H11ClF2O. The van der Waals surface area contributed by atoms with Gasteiger partial charge in [0.2, 0.25) is 5.24 Å². The topological polar surface area (TPSA) is 17.1 Å². The summed E-state index contributed by atoms with van der Waals surface area (Å²) in [4.78, 5) is 11.5. The lowest BCUT2D eigenvalue weighted by Crippen LogP contribution is -2.11. The highest BCUT2D eigenvalue weighted by Gasteiger charge is 2.20. The van der Waals surface area contributed by atoms with E-state index in [1.165, 1.54) is 30.3 Å². The first kappa shape index (κ1) is 13.7. The van der Waals surface area contributed by atoms with Crippen LogP contribution in [0.15, 0.2) is 48.5 Å². The summed E-state index contributed by atoms with van der Waals surface area (Å²) in [5, 5.41) is -0.588. The third kappa shape index (κ3) is 3.38. The van der Waals surface area contributed by atoms with Gasteiger partial charge in [0.15, 0.2) is 0 Å². The van der Waals surface area contributed by atoms with E-state index in [0.717, 1.165) is 0 Å². The van der Waals surface area contributed by atoms with E-state index in [1.54, 1.807) is 18.2 Å². The fourth-order valence-corrected chi connectivity index (χ4v) is 2.11. The molecule has 0 fully saturated rings. The Balaban J connectivity index is 2.29. The van der Waals surface area contributed by atoms with Gasteiger partial charge >= 0.3 is 0 Å². The van der Waals surface area contributed by atoms with Gasteiger partial charge in [0.05, 0.1) is 5.92 Å². The van der Waals surface area contributed by atoms with Crippen LogP contribution in [-0.2, 0) is 11.2 Å². The van der Waals surface area contributed by atoms with Gasteiger partial charge in [-0.1, -0.05) is 30.3 Å². The minimum Gasteiger partial charge on any atom is -0.281 e. The van der Waals surface area contributed by atoms with E-state index in [2.05, 4.69) is 0 Å². The minimum absolute atomic E-state index is 0.153. The second-order valence-electron chi connectivity index (χ2n) is 4.20. The molecule has 0 bridgehead atoms. The number of benzene rings is 2. The van der Waals surface area contributed by atoms with Crippen LogP contribution in [0.4, 0.5) is 8.78 Å². The van der Waals surface area contributed by atoms with Crippen molar-refractivity contribution in [2.75, 3.05) is 0 Å². The Bertz CT molecular complexity index is 581. The normalized spacial score (nSPS) is 12.2. The Labute approximate surface area is 114 Å². The molecule has 4 heteroatoms. The van der Waals surface area contributed by atoms with Gasteiger partial charge in [0.1, 0.15) is 11.6 Å². The highest BCUT2D eigenvalue weighted by molar-refractivity contribution is 6.64. The largest absolute Gasteiger partial charge is 0.281 e. The maximum absolute atomic E-state index is 13.6. The number of halogens is 3. The lowest BCUT2D eigenvalue weighted by molar-refractivity contribution is -0.113. The lowest BCUT2D eigenvalue weighted by atomic mass is 9.93. The van der Waals surface area contributed by atoms with Crippen molar-refractivity contribution >= 4 is 16.8 Å². The molecule has 1 unspecified atom stereocenters. The summed E-state index contributed by atoms with van der Waals surface area (Å²) in [6.07, 6.45) is 0.153. The molecule has 0 heterocycles. The molecule has 2 rings (SSSR count). The zero-order chi connectivity index (χ0) is 13.8. The molecule has 0 saturated carbocycles. The number of carbonyl (C=O) groups is 1. The van der Waals surface area contributed by atoms with Crippen molar-refractivity contribution in [3.63, 3.8) is 0 Å². The Morgan fingerprint density at radius 3 is 2.26 bits per heavy atom. The number of hydrogen-bond donors (Lipinski definition) is 0. The van der Waals surface area contributed by atoms with Gasteiger partial charge in [-0.2, -0.15) is 0 Å². The van der Waals surface area contributed by atoms with Gasteiger partial charge in [-0.25, -0.2) is 8.78 Å². The van der Waals surface area contributed by atoms with Crippen molar-refractivity contribution in [2.24, 2.45) is 0 Å². The highest BCUT2D eigenvalue weighted by Crippen LogP contribution is 2.25. The molecule has 2 aromatic carbocycles. The van der Waals surface area contributed by atoms with E-state index >= 15 is 0 Å². The third-order valence-electron chi connectivity index (χ3n) is 2.93. The summed E-state index contributed by atoms with van der Waals surface area (Å²) in [6, 6.07) is 11.7. The monoisotopic (exact) mass is 280 g/mol. The summed E-state index contributed by atoms with van der Waals surface area (Å²) >= 11 is 5.57. The van der Waals surface area contributed by atoms with Crippen molar-refractivity contribution in [3.8, 4) is 0 Å². The summed E-state index contributed by atoms with van der Waals surface area (Å²) in [6.45, 7) is 0. The molecule has 19 heavy (non-hydrogen) atoms. The smallest absolute Gasteiger partial charge is 0.229 e. The van der Waals surface area contributed by atoms with Crippen LogP contribution < -0.4 is 0 Å². The fourth-order valence-electron chi connectivity index (χ4n) is 1.91. The van der Waals surface area contributed by atoms with Gasteiger partial charge in [0, 0.05) is 0 Å². The Morgan fingerprint density at radius 1 is 1.05 bits per heavy atom. The quantitative estimate of drug-likeness (QED) is 0.772. The number of rotatable bonds is 4. The van der Waals surface area contributed by atoms with Gasteiger partial charge < -0.3 is 0 Å². The highest BCUT2D eigenvalue weighted by atomic mass is 35.5. The van der Waals surface area contributed by atoms with Crippen LogP contribution in [0.2, 0.25) is 0 Å². The van der Waals surface area contributed by atoms with Crippen LogP contribution in [0.3, 0.4) is 0 Å². The minimum atomic E-state index is -0.681. The molecule has 0 aromatic heterocycles. The van der Waals surface area contributed by atoms with Crippen molar-refractivity contribution in [3.05, 3.63) is 71.3 Å². The standard InChI is InChI=1S/C15H11ClF2O/c16-15(19)13(10-5-7-12(17)8-6-10)9-11-3-1-2-4-14(11)18/h1-8,13H,9H2. The molecule has 1 nitrogen and oxygen atoms in total. The lowest BCUT2D eigenvalue weighted by Gasteiger charge is -2.13. The number of carbonyl (C=O) groups excluding carboxylic acids is 1. The second kappa shape index (κ2) is 5.93. The maximum atomic E-state index is 13.6. The van der Waals surface area contributed by atoms with Crippen LogP contribution in [0, 0.1) is 11.6 Å². The summed E-state index contributed by atoms with van der Waals surface area (Å²) in [7, 11) is 0. The number of hydrogen-bond acceptors (Lipinski definition) is 1. The average Bonchev–Trinajstić information content (AvgIpc) is 2.39. The van der Waals surface area contributed by atoms with E-state index < -0.39 is 17.0 Å². The zero-order valence-electron chi connectivity index (χ0n) is 9.95. The molecule has 0 aliphatic carbocycles. The van der Waals surface area contributed by atoms with Crippen molar-refractivity contribution < 1.29 is 13.6 Å². The first-order valence-electron chi connectivity index (χ1n) is 5.76. The predicted octanol–water partition coefficient (Wildman–Crippen LogP) is 4.06. The van der Waals surface area contributed by atoms with E-state index in [9.17, 15) is 13.6 Å². The second-order valence-corrected chi connectivity index (χ2v) is 4.58. The molecule has 0 aliphatic heterocycles. The van der Waals surface area contributed by atoms with Gasteiger partial charge in [-0.05, 0) is 47.3 Å². The molecule has 0 N–H and O–H groups in total. The zero-order valence-corrected chi connectivity index (χ0v) is 10.7. The SMILES string of the molecule is O=C(Cl)C(Cc1ccccc1F)c1ccc(F)cc1. The maximum Gasteiger partial charge on any atom is 0.229 e. The molecule has 0 amide bonds. The fraction of sp³-hybridized carbons (Fsp3) is 0.133. The van der Waals surface area contributed by atoms with E-state index in [-0.39, 0.29) is 12.2 Å². The molecule has 0 aliphatic rings. The summed E-state index contributed by atoms with van der Waals surface area (Å²) in [5.74, 6) is -1.46. The van der Waals surface area contributed by atoms with Crippen LogP contribution in [-0.4, -0.2) is 5.24 Å². The molecule has 2 aromatic rings.